The Morgan fingerprint density at radius 2 is 1.89 bits per heavy atom. The topological polar surface area (TPSA) is 12.0 Å². The summed E-state index contributed by atoms with van der Waals surface area (Å²) in [7, 11) is 0. The fourth-order valence-corrected chi connectivity index (χ4v) is 2.40. The van der Waals surface area contributed by atoms with E-state index in [9.17, 15) is 0 Å². The average molecular weight is 286 g/mol. The maximum absolute atomic E-state index is 6.04. The van der Waals surface area contributed by atoms with Crippen LogP contribution < -0.4 is 5.32 Å². The van der Waals surface area contributed by atoms with Crippen molar-refractivity contribution in [2.75, 3.05) is 6.54 Å². The van der Waals surface area contributed by atoms with Crippen LogP contribution in [0.25, 0.3) is 0 Å². The summed E-state index contributed by atoms with van der Waals surface area (Å²) in [5.74, 6) is 1.33. The first-order chi connectivity index (χ1) is 8.56. The van der Waals surface area contributed by atoms with Crippen molar-refractivity contribution < 1.29 is 0 Å². The molecule has 0 amide bonds. The molecular formula is C15H21Cl2N. The summed E-state index contributed by atoms with van der Waals surface area (Å²) in [5.41, 5.74) is 1.27. The van der Waals surface area contributed by atoms with Gasteiger partial charge in [-0.2, -0.15) is 0 Å². The highest BCUT2D eigenvalue weighted by atomic mass is 35.5. The molecule has 0 aromatic heterocycles. The number of hydrogen-bond donors (Lipinski definition) is 1. The third-order valence-electron chi connectivity index (χ3n) is 3.82. The Morgan fingerprint density at radius 3 is 2.50 bits per heavy atom. The Hall–Kier alpha value is -0.240. The van der Waals surface area contributed by atoms with Gasteiger partial charge in [-0.05, 0) is 55.3 Å². The normalized spacial score (nSPS) is 18.7. The molecule has 2 rings (SSSR count). The molecule has 0 heterocycles. The molecule has 0 spiro atoms. The number of benzene rings is 1. The summed E-state index contributed by atoms with van der Waals surface area (Å²) in [6, 6.07) is 6.75. The fourth-order valence-electron chi connectivity index (χ4n) is 2.08. The minimum atomic E-state index is 0.636. The molecule has 1 aliphatic rings. The summed E-state index contributed by atoms with van der Waals surface area (Å²) in [6.07, 6.45) is 3.77. The molecule has 1 nitrogen and oxygen atoms in total. The van der Waals surface area contributed by atoms with Crippen LogP contribution in [0.5, 0.6) is 0 Å². The van der Waals surface area contributed by atoms with Crippen molar-refractivity contribution >= 4 is 23.2 Å². The van der Waals surface area contributed by atoms with Crippen LogP contribution in [0.2, 0.25) is 10.0 Å². The van der Waals surface area contributed by atoms with Crippen LogP contribution in [0.15, 0.2) is 18.2 Å². The van der Waals surface area contributed by atoms with Crippen LogP contribution >= 0.6 is 23.2 Å². The zero-order chi connectivity index (χ0) is 13.1. The second kappa shape index (κ2) is 6.27. The molecule has 1 aliphatic carbocycles. The van der Waals surface area contributed by atoms with E-state index in [-0.39, 0.29) is 0 Å². The predicted octanol–water partition coefficient (Wildman–Crippen LogP) is 4.56. The van der Waals surface area contributed by atoms with Crippen molar-refractivity contribution in [2.24, 2.45) is 11.8 Å². The van der Waals surface area contributed by atoms with Gasteiger partial charge in [-0.25, -0.2) is 0 Å². The molecular weight excluding hydrogens is 265 g/mol. The Morgan fingerprint density at radius 1 is 1.17 bits per heavy atom. The molecule has 2 atom stereocenters. The summed E-state index contributed by atoms with van der Waals surface area (Å²) < 4.78 is 0. The van der Waals surface area contributed by atoms with Gasteiger partial charge in [0.25, 0.3) is 0 Å². The van der Waals surface area contributed by atoms with Gasteiger partial charge in [0.05, 0.1) is 10.0 Å². The number of halogens is 2. The average Bonchev–Trinajstić information content (AvgIpc) is 3.14. The monoisotopic (exact) mass is 285 g/mol. The smallest absolute Gasteiger partial charge is 0.0595 e. The molecule has 1 aromatic rings. The molecule has 0 aliphatic heterocycles. The van der Waals surface area contributed by atoms with Gasteiger partial charge in [0.2, 0.25) is 0 Å². The molecule has 1 fully saturated rings. The lowest BCUT2D eigenvalue weighted by atomic mass is 9.89. The largest absolute Gasteiger partial charge is 0.314 e. The van der Waals surface area contributed by atoms with Gasteiger partial charge in [-0.1, -0.05) is 43.1 Å². The van der Waals surface area contributed by atoms with E-state index in [0.717, 1.165) is 19.0 Å². The molecule has 2 unspecified atom stereocenters. The molecule has 0 saturated heterocycles. The van der Waals surface area contributed by atoms with Crippen molar-refractivity contribution in [1.29, 1.82) is 0 Å². The van der Waals surface area contributed by atoms with E-state index < -0.39 is 0 Å². The Kier molecular flexibility index (Phi) is 4.94. The summed E-state index contributed by atoms with van der Waals surface area (Å²) >= 11 is 12.0. The first-order valence-electron chi connectivity index (χ1n) is 6.73. The zero-order valence-electron chi connectivity index (χ0n) is 11.0. The van der Waals surface area contributed by atoms with Gasteiger partial charge in [-0.15, -0.1) is 0 Å². The van der Waals surface area contributed by atoms with Crippen molar-refractivity contribution in [2.45, 2.75) is 39.2 Å². The van der Waals surface area contributed by atoms with E-state index in [4.69, 9.17) is 23.2 Å². The maximum atomic E-state index is 6.04. The van der Waals surface area contributed by atoms with Crippen LogP contribution in [0, 0.1) is 11.8 Å². The molecule has 1 saturated carbocycles. The predicted molar refractivity (Wildman–Crippen MR) is 79.5 cm³/mol. The van der Waals surface area contributed by atoms with Crippen LogP contribution in [-0.2, 0) is 6.42 Å². The van der Waals surface area contributed by atoms with Crippen molar-refractivity contribution in [3.05, 3.63) is 33.8 Å². The summed E-state index contributed by atoms with van der Waals surface area (Å²) in [4.78, 5) is 0. The van der Waals surface area contributed by atoms with Crippen LogP contribution in [-0.4, -0.2) is 12.6 Å². The van der Waals surface area contributed by atoms with Gasteiger partial charge < -0.3 is 5.32 Å². The first kappa shape index (κ1) is 14.2. The zero-order valence-corrected chi connectivity index (χ0v) is 12.6. The molecule has 1 aromatic carbocycles. The van der Waals surface area contributed by atoms with Crippen LogP contribution in [0.4, 0.5) is 0 Å². The molecule has 0 bridgehead atoms. The Labute approximate surface area is 120 Å². The SMILES string of the molecule is CC(CNC1CC1)C(C)Cc1ccc(Cl)c(Cl)c1. The van der Waals surface area contributed by atoms with Crippen molar-refractivity contribution in [3.63, 3.8) is 0 Å². The van der Waals surface area contributed by atoms with E-state index in [1.165, 1.54) is 18.4 Å². The first-order valence-corrected chi connectivity index (χ1v) is 7.49. The molecule has 0 radical (unpaired) electrons. The molecule has 100 valence electrons. The molecule has 1 N–H and O–H groups in total. The van der Waals surface area contributed by atoms with Gasteiger partial charge >= 0.3 is 0 Å². The second-order valence-corrected chi connectivity index (χ2v) is 6.40. The van der Waals surface area contributed by atoms with E-state index in [0.29, 0.717) is 21.9 Å². The quantitative estimate of drug-likeness (QED) is 0.808. The van der Waals surface area contributed by atoms with Gasteiger partial charge in [0, 0.05) is 6.04 Å². The van der Waals surface area contributed by atoms with Gasteiger partial charge in [-0.3, -0.25) is 0 Å². The lowest BCUT2D eigenvalue weighted by Gasteiger charge is -2.20. The molecule has 18 heavy (non-hydrogen) atoms. The number of nitrogens with one attached hydrogen (secondary N) is 1. The second-order valence-electron chi connectivity index (χ2n) is 5.59. The Bertz CT molecular complexity index is 401. The fraction of sp³-hybridized carbons (Fsp3) is 0.600. The minimum Gasteiger partial charge on any atom is -0.314 e. The van der Waals surface area contributed by atoms with Crippen LogP contribution in [0.3, 0.4) is 0 Å². The third-order valence-corrected chi connectivity index (χ3v) is 4.56. The molecule has 3 heteroatoms. The summed E-state index contributed by atoms with van der Waals surface area (Å²) in [5, 5.41) is 4.89. The van der Waals surface area contributed by atoms with Crippen molar-refractivity contribution in [1.82, 2.24) is 5.32 Å². The highest BCUT2D eigenvalue weighted by Crippen LogP contribution is 2.26. The third kappa shape index (κ3) is 4.15. The van der Waals surface area contributed by atoms with Gasteiger partial charge in [0.1, 0.15) is 0 Å². The standard InChI is InChI=1S/C15H21Cl2N/c1-10(11(2)9-18-13-4-5-13)7-12-3-6-14(16)15(17)8-12/h3,6,8,10-11,13,18H,4-5,7,9H2,1-2H3. The van der Waals surface area contributed by atoms with E-state index in [1.54, 1.807) is 0 Å². The lowest BCUT2D eigenvalue weighted by molar-refractivity contribution is 0.364. The van der Waals surface area contributed by atoms with Crippen molar-refractivity contribution in [3.8, 4) is 0 Å². The number of hydrogen-bond acceptors (Lipinski definition) is 1. The van der Waals surface area contributed by atoms with Gasteiger partial charge in [0.15, 0.2) is 0 Å². The van der Waals surface area contributed by atoms with E-state index >= 15 is 0 Å². The maximum Gasteiger partial charge on any atom is 0.0595 e. The summed E-state index contributed by atoms with van der Waals surface area (Å²) in [6.45, 7) is 5.74. The number of rotatable bonds is 6. The minimum absolute atomic E-state index is 0.636. The highest BCUT2D eigenvalue weighted by molar-refractivity contribution is 6.42. The Balaban J connectivity index is 1.84. The van der Waals surface area contributed by atoms with Crippen LogP contribution in [0.1, 0.15) is 32.3 Å². The highest BCUT2D eigenvalue weighted by Gasteiger charge is 2.22. The van der Waals surface area contributed by atoms with E-state index in [1.807, 2.05) is 12.1 Å². The van der Waals surface area contributed by atoms with E-state index in [2.05, 4.69) is 25.2 Å². The lowest BCUT2D eigenvalue weighted by Crippen LogP contribution is -2.27.